The number of carbonyl (C=O) groups excluding carboxylic acids is 2. The smallest absolute Gasteiger partial charge is 0.227 e. The third-order valence-corrected chi connectivity index (χ3v) is 4.29. The highest BCUT2D eigenvalue weighted by molar-refractivity contribution is 6.00. The van der Waals surface area contributed by atoms with Crippen LogP contribution in [0.4, 0.5) is 5.69 Å². The molecule has 6 heteroatoms. The Balaban J connectivity index is 1.64. The molecule has 0 radical (unpaired) electrons. The standard InChI is InChI=1S/C16H21N3O3/c17-16(21)13-9-15(20)19(11-13)14-3-1-12(2-4-14)10-18-5-7-22-8-6-18/h1-4,13H,5-11H2,(H2,17,21)/t13-/m1/s1. The predicted molar refractivity (Wildman–Crippen MR) is 82.2 cm³/mol. The monoisotopic (exact) mass is 303 g/mol. The molecule has 1 atom stereocenters. The zero-order valence-electron chi connectivity index (χ0n) is 12.5. The number of morpholine rings is 1. The van der Waals surface area contributed by atoms with Crippen molar-refractivity contribution >= 4 is 17.5 Å². The fourth-order valence-electron chi connectivity index (χ4n) is 2.95. The van der Waals surface area contributed by atoms with Crippen molar-refractivity contribution in [1.82, 2.24) is 4.90 Å². The maximum atomic E-state index is 12.0. The van der Waals surface area contributed by atoms with Gasteiger partial charge < -0.3 is 15.4 Å². The third kappa shape index (κ3) is 3.28. The van der Waals surface area contributed by atoms with E-state index in [4.69, 9.17) is 10.5 Å². The minimum absolute atomic E-state index is 0.0373. The first-order chi connectivity index (χ1) is 10.6. The summed E-state index contributed by atoms with van der Waals surface area (Å²) in [5.74, 6) is -0.815. The van der Waals surface area contributed by atoms with Crippen LogP contribution in [-0.4, -0.2) is 49.6 Å². The minimum atomic E-state index is -0.403. The number of carbonyl (C=O) groups is 2. The van der Waals surface area contributed by atoms with Gasteiger partial charge in [0.1, 0.15) is 0 Å². The van der Waals surface area contributed by atoms with Crippen LogP contribution in [0, 0.1) is 5.92 Å². The zero-order chi connectivity index (χ0) is 15.5. The molecule has 2 amide bonds. The first-order valence-electron chi connectivity index (χ1n) is 7.62. The number of rotatable bonds is 4. The van der Waals surface area contributed by atoms with Gasteiger partial charge in [-0.2, -0.15) is 0 Å². The first-order valence-corrected chi connectivity index (χ1v) is 7.62. The topological polar surface area (TPSA) is 75.9 Å². The quantitative estimate of drug-likeness (QED) is 0.871. The van der Waals surface area contributed by atoms with E-state index in [1.165, 1.54) is 5.56 Å². The number of ether oxygens (including phenoxy) is 1. The van der Waals surface area contributed by atoms with E-state index in [0.717, 1.165) is 38.5 Å². The molecule has 6 nitrogen and oxygen atoms in total. The molecule has 2 aliphatic heterocycles. The van der Waals surface area contributed by atoms with E-state index in [0.29, 0.717) is 6.54 Å². The largest absolute Gasteiger partial charge is 0.379 e. The summed E-state index contributed by atoms with van der Waals surface area (Å²) >= 11 is 0. The Bertz CT molecular complexity index is 552. The molecule has 2 aliphatic rings. The Labute approximate surface area is 129 Å². The average Bonchev–Trinajstić information content (AvgIpc) is 2.91. The molecule has 0 saturated carbocycles. The van der Waals surface area contributed by atoms with Crippen molar-refractivity contribution in [3.05, 3.63) is 29.8 Å². The summed E-state index contributed by atoms with van der Waals surface area (Å²) in [6.07, 6.45) is 0.213. The third-order valence-electron chi connectivity index (χ3n) is 4.29. The van der Waals surface area contributed by atoms with Crippen molar-refractivity contribution in [2.75, 3.05) is 37.7 Å². The average molecular weight is 303 g/mol. The van der Waals surface area contributed by atoms with Crippen molar-refractivity contribution in [3.8, 4) is 0 Å². The van der Waals surface area contributed by atoms with Crippen LogP contribution in [0.1, 0.15) is 12.0 Å². The second-order valence-electron chi connectivity index (χ2n) is 5.86. The molecule has 2 saturated heterocycles. The van der Waals surface area contributed by atoms with E-state index in [2.05, 4.69) is 4.90 Å². The number of amides is 2. The van der Waals surface area contributed by atoms with E-state index in [-0.39, 0.29) is 18.2 Å². The van der Waals surface area contributed by atoms with Gasteiger partial charge in [0, 0.05) is 38.3 Å². The number of anilines is 1. The summed E-state index contributed by atoms with van der Waals surface area (Å²) in [6, 6.07) is 7.96. The molecule has 2 N–H and O–H groups in total. The Kier molecular flexibility index (Phi) is 4.40. The molecule has 118 valence electrons. The van der Waals surface area contributed by atoms with E-state index in [1.807, 2.05) is 24.3 Å². The molecule has 2 heterocycles. The highest BCUT2D eigenvalue weighted by Crippen LogP contribution is 2.25. The number of benzene rings is 1. The lowest BCUT2D eigenvalue weighted by atomic mass is 10.1. The first kappa shape index (κ1) is 15.0. The van der Waals surface area contributed by atoms with Gasteiger partial charge in [-0.1, -0.05) is 12.1 Å². The molecule has 0 aromatic heterocycles. The van der Waals surface area contributed by atoms with Crippen LogP contribution in [-0.2, 0) is 20.9 Å². The Morgan fingerprint density at radius 3 is 2.50 bits per heavy atom. The second-order valence-corrected chi connectivity index (χ2v) is 5.86. The van der Waals surface area contributed by atoms with Crippen LogP contribution in [0.25, 0.3) is 0 Å². The highest BCUT2D eigenvalue weighted by Gasteiger charge is 2.33. The van der Waals surface area contributed by atoms with E-state index in [1.54, 1.807) is 4.90 Å². The number of hydrogen-bond acceptors (Lipinski definition) is 4. The minimum Gasteiger partial charge on any atom is -0.379 e. The van der Waals surface area contributed by atoms with Crippen LogP contribution in [0.2, 0.25) is 0 Å². The summed E-state index contributed by atoms with van der Waals surface area (Å²) < 4.78 is 5.34. The van der Waals surface area contributed by atoms with Gasteiger partial charge in [0.25, 0.3) is 0 Å². The number of primary amides is 1. The summed E-state index contributed by atoms with van der Waals surface area (Å²) in [7, 11) is 0. The lowest BCUT2D eigenvalue weighted by molar-refractivity contribution is -0.123. The Morgan fingerprint density at radius 2 is 1.91 bits per heavy atom. The molecule has 0 bridgehead atoms. The van der Waals surface area contributed by atoms with Crippen molar-refractivity contribution in [2.45, 2.75) is 13.0 Å². The second kappa shape index (κ2) is 6.46. The van der Waals surface area contributed by atoms with Crippen LogP contribution < -0.4 is 10.6 Å². The summed E-state index contributed by atoms with van der Waals surface area (Å²) in [5.41, 5.74) is 7.34. The summed E-state index contributed by atoms with van der Waals surface area (Å²) in [5, 5.41) is 0. The number of nitrogens with zero attached hydrogens (tertiary/aromatic N) is 2. The van der Waals surface area contributed by atoms with Gasteiger partial charge >= 0.3 is 0 Å². The van der Waals surface area contributed by atoms with Crippen molar-refractivity contribution in [3.63, 3.8) is 0 Å². The number of nitrogens with two attached hydrogens (primary N) is 1. The van der Waals surface area contributed by atoms with E-state index >= 15 is 0 Å². The highest BCUT2D eigenvalue weighted by atomic mass is 16.5. The van der Waals surface area contributed by atoms with Crippen molar-refractivity contribution < 1.29 is 14.3 Å². The van der Waals surface area contributed by atoms with Crippen LogP contribution in [0.3, 0.4) is 0 Å². The van der Waals surface area contributed by atoms with E-state index < -0.39 is 5.91 Å². The van der Waals surface area contributed by atoms with Gasteiger partial charge in [-0.15, -0.1) is 0 Å². The van der Waals surface area contributed by atoms with Crippen LogP contribution in [0.15, 0.2) is 24.3 Å². The molecule has 0 unspecified atom stereocenters. The lowest BCUT2D eigenvalue weighted by Crippen LogP contribution is -2.35. The fourth-order valence-corrected chi connectivity index (χ4v) is 2.95. The Morgan fingerprint density at radius 1 is 1.23 bits per heavy atom. The van der Waals surface area contributed by atoms with Gasteiger partial charge in [0.2, 0.25) is 11.8 Å². The van der Waals surface area contributed by atoms with Gasteiger partial charge in [0.05, 0.1) is 19.1 Å². The van der Waals surface area contributed by atoms with Crippen molar-refractivity contribution in [1.29, 1.82) is 0 Å². The van der Waals surface area contributed by atoms with Gasteiger partial charge in [-0.3, -0.25) is 14.5 Å². The fraction of sp³-hybridized carbons (Fsp3) is 0.500. The van der Waals surface area contributed by atoms with E-state index in [9.17, 15) is 9.59 Å². The molecule has 1 aromatic rings. The maximum Gasteiger partial charge on any atom is 0.227 e. The lowest BCUT2D eigenvalue weighted by Gasteiger charge is -2.26. The molecule has 0 spiro atoms. The summed E-state index contributed by atoms with van der Waals surface area (Å²) in [6.45, 7) is 4.75. The predicted octanol–water partition coefficient (Wildman–Crippen LogP) is 0.357. The molecule has 0 aliphatic carbocycles. The normalized spacial score (nSPS) is 23.0. The molecule has 22 heavy (non-hydrogen) atoms. The van der Waals surface area contributed by atoms with Gasteiger partial charge in [0.15, 0.2) is 0 Å². The maximum absolute atomic E-state index is 12.0. The zero-order valence-corrected chi connectivity index (χ0v) is 12.5. The molecule has 1 aromatic carbocycles. The molecule has 3 rings (SSSR count). The molecular formula is C16H21N3O3. The van der Waals surface area contributed by atoms with Gasteiger partial charge in [-0.05, 0) is 17.7 Å². The number of hydrogen-bond donors (Lipinski definition) is 1. The molecule has 2 fully saturated rings. The molecular weight excluding hydrogens is 282 g/mol. The van der Waals surface area contributed by atoms with Crippen molar-refractivity contribution in [2.24, 2.45) is 11.7 Å². The van der Waals surface area contributed by atoms with Crippen LogP contribution in [0.5, 0.6) is 0 Å². The SMILES string of the molecule is NC(=O)[C@@H]1CC(=O)N(c2ccc(CN3CCOCC3)cc2)C1. The Hall–Kier alpha value is -1.92. The van der Waals surface area contributed by atoms with Crippen LogP contribution >= 0.6 is 0 Å². The summed E-state index contributed by atoms with van der Waals surface area (Å²) in [4.78, 5) is 27.2. The van der Waals surface area contributed by atoms with Gasteiger partial charge in [-0.25, -0.2) is 0 Å².